The highest BCUT2D eigenvalue weighted by molar-refractivity contribution is 7.92. The van der Waals surface area contributed by atoms with E-state index in [1.807, 2.05) is 0 Å². The second kappa shape index (κ2) is 10.3. The number of anilines is 3. The molecule has 4 N–H and O–H groups in total. The van der Waals surface area contributed by atoms with Crippen LogP contribution in [0.5, 0.6) is 0 Å². The lowest BCUT2D eigenvalue weighted by Crippen LogP contribution is -2.30. The molecule has 2 amide bonds. The first-order valence-corrected chi connectivity index (χ1v) is 12.1. The molecule has 11 heteroatoms. The van der Waals surface area contributed by atoms with Crippen molar-refractivity contribution in [1.82, 2.24) is 5.43 Å². The first kappa shape index (κ1) is 23.9. The fourth-order valence-corrected chi connectivity index (χ4v) is 4.31. The summed E-state index contributed by atoms with van der Waals surface area (Å²) in [4.78, 5) is 24.9. The van der Waals surface area contributed by atoms with E-state index in [1.165, 1.54) is 42.9 Å². The number of hydrogen-bond donors (Lipinski definition) is 4. The first-order chi connectivity index (χ1) is 16.8. The van der Waals surface area contributed by atoms with Crippen molar-refractivity contribution in [2.45, 2.75) is 4.90 Å². The van der Waals surface area contributed by atoms with E-state index >= 15 is 0 Å². The third-order valence-corrected chi connectivity index (χ3v) is 6.37. The molecule has 0 fully saturated rings. The predicted molar refractivity (Wildman–Crippen MR) is 133 cm³/mol. The van der Waals surface area contributed by atoms with Gasteiger partial charge in [-0.05, 0) is 54.6 Å². The van der Waals surface area contributed by atoms with Crippen LogP contribution in [0, 0.1) is 0 Å². The third kappa shape index (κ3) is 5.99. The molecule has 0 saturated carbocycles. The van der Waals surface area contributed by atoms with Crippen LogP contribution in [0.25, 0.3) is 0 Å². The number of sulfonamides is 1. The van der Waals surface area contributed by atoms with Crippen LogP contribution in [0.2, 0.25) is 5.02 Å². The zero-order chi connectivity index (χ0) is 24.8. The highest BCUT2D eigenvalue weighted by Crippen LogP contribution is 2.27. The van der Waals surface area contributed by atoms with Crippen molar-refractivity contribution < 1.29 is 22.4 Å². The second-order valence-electron chi connectivity index (χ2n) is 7.23. The van der Waals surface area contributed by atoms with Crippen molar-refractivity contribution in [3.8, 4) is 0 Å². The summed E-state index contributed by atoms with van der Waals surface area (Å²) in [7, 11) is -4.03. The number of hydrogen-bond acceptors (Lipinski definition) is 6. The van der Waals surface area contributed by atoms with E-state index in [-0.39, 0.29) is 27.5 Å². The molecule has 4 rings (SSSR count). The fourth-order valence-electron chi connectivity index (χ4n) is 3.04. The number of carbonyl (C=O) groups excluding carboxylic acids is 2. The largest absolute Gasteiger partial charge is 0.472 e. The van der Waals surface area contributed by atoms with E-state index < -0.39 is 21.8 Å². The number of hydrazine groups is 1. The van der Waals surface area contributed by atoms with Crippen LogP contribution in [-0.2, 0) is 10.0 Å². The van der Waals surface area contributed by atoms with Gasteiger partial charge in [-0.15, -0.1) is 0 Å². The average Bonchev–Trinajstić information content (AvgIpc) is 3.38. The normalized spacial score (nSPS) is 10.9. The second-order valence-corrected chi connectivity index (χ2v) is 9.35. The maximum atomic E-state index is 13.0. The number of amides is 2. The van der Waals surface area contributed by atoms with Crippen molar-refractivity contribution in [3.63, 3.8) is 0 Å². The number of halogens is 1. The quantitative estimate of drug-likeness (QED) is 0.253. The van der Waals surface area contributed by atoms with Crippen LogP contribution in [0.15, 0.2) is 101 Å². The molecule has 1 heterocycles. The van der Waals surface area contributed by atoms with Crippen LogP contribution in [0.3, 0.4) is 0 Å². The summed E-state index contributed by atoms with van der Waals surface area (Å²) < 4.78 is 33.3. The molecule has 0 unspecified atom stereocenters. The zero-order valence-electron chi connectivity index (χ0n) is 18.0. The van der Waals surface area contributed by atoms with Gasteiger partial charge in [-0.2, -0.15) is 0 Å². The van der Waals surface area contributed by atoms with Gasteiger partial charge < -0.3 is 9.73 Å². The molecule has 4 aromatic rings. The maximum Gasteiger partial charge on any atom is 0.269 e. The molecule has 0 bridgehead atoms. The van der Waals surface area contributed by atoms with Crippen LogP contribution < -0.4 is 20.9 Å². The Hall–Kier alpha value is -4.28. The van der Waals surface area contributed by atoms with Gasteiger partial charge in [0.1, 0.15) is 6.26 Å². The Morgan fingerprint density at radius 2 is 1.60 bits per heavy atom. The molecule has 0 aliphatic carbocycles. The topological polar surface area (TPSA) is 130 Å². The Kier molecular flexibility index (Phi) is 7.04. The Bertz CT molecular complexity index is 1460. The minimum atomic E-state index is -4.03. The molecule has 0 radical (unpaired) electrons. The van der Waals surface area contributed by atoms with Gasteiger partial charge in [-0.1, -0.05) is 35.9 Å². The van der Waals surface area contributed by atoms with E-state index in [2.05, 4.69) is 20.9 Å². The van der Waals surface area contributed by atoms with Crippen molar-refractivity contribution in [2.24, 2.45) is 0 Å². The SMILES string of the molecule is O=C(NNc1ccc(S(=O)(=O)Nc2cccc(Cl)c2)cc1NC(=O)c1ccoc1)c1ccccc1. The summed E-state index contributed by atoms with van der Waals surface area (Å²) in [5.41, 5.74) is 6.54. The number of benzene rings is 3. The molecule has 178 valence electrons. The highest BCUT2D eigenvalue weighted by Gasteiger charge is 2.19. The summed E-state index contributed by atoms with van der Waals surface area (Å²) in [6, 6.07) is 20.2. The molecule has 0 atom stereocenters. The van der Waals surface area contributed by atoms with Crippen LogP contribution in [-0.4, -0.2) is 20.2 Å². The van der Waals surface area contributed by atoms with Crippen LogP contribution in [0.1, 0.15) is 20.7 Å². The van der Waals surface area contributed by atoms with Crippen molar-refractivity contribution in [3.05, 3.63) is 108 Å². The summed E-state index contributed by atoms with van der Waals surface area (Å²) >= 11 is 5.94. The lowest BCUT2D eigenvalue weighted by Gasteiger charge is -2.16. The summed E-state index contributed by atoms with van der Waals surface area (Å²) in [6.45, 7) is 0. The minimum absolute atomic E-state index is 0.110. The monoisotopic (exact) mass is 510 g/mol. The number of nitrogens with one attached hydrogen (secondary N) is 4. The van der Waals surface area contributed by atoms with Crippen LogP contribution in [0.4, 0.5) is 17.1 Å². The number of furan rings is 1. The van der Waals surface area contributed by atoms with E-state index in [0.29, 0.717) is 10.6 Å². The molecule has 3 aromatic carbocycles. The van der Waals surface area contributed by atoms with Gasteiger partial charge in [-0.25, -0.2) is 8.42 Å². The molecular formula is C24H19ClN4O5S. The van der Waals surface area contributed by atoms with Gasteiger partial charge in [0.15, 0.2) is 0 Å². The molecule has 0 aliphatic rings. The third-order valence-electron chi connectivity index (χ3n) is 4.76. The van der Waals surface area contributed by atoms with Gasteiger partial charge in [0, 0.05) is 10.6 Å². The number of rotatable bonds is 8. The van der Waals surface area contributed by atoms with Gasteiger partial charge >= 0.3 is 0 Å². The Morgan fingerprint density at radius 3 is 2.31 bits per heavy atom. The van der Waals surface area contributed by atoms with Crippen molar-refractivity contribution in [2.75, 3.05) is 15.5 Å². The Morgan fingerprint density at radius 1 is 0.800 bits per heavy atom. The van der Waals surface area contributed by atoms with Gasteiger partial charge in [0.05, 0.1) is 33.8 Å². The molecule has 0 spiro atoms. The summed E-state index contributed by atoms with van der Waals surface area (Å²) in [5, 5.41) is 3.00. The fraction of sp³-hybridized carbons (Fsp3) is 0. The van der Waals surface area contributed by atoms with E-state index in [9.17, 15) is 18.0 Å². The van der Waals surface area contributed by atoms with Gasteiger partial charge in [0.25, 0.3) is 21.8 Å². The summed E-state index contributed by atoms with van der Waals surface area (Å²) in [6.07, 6.45) is 2.59. The van der Waals surface area contributed by atoms with E-state index in [1.54, 1.807) is 48.5 Å². The lowest BCUT2D eigenvalue weighted by atomic mass is 10.2. The lowest BCUT2D eigenvalue weighted by molar-refractivity contribution is 0.0962. The van der Waals surface area contributed by atoms with E-state index in [0.717, 1.165) is 0 Å². The molecular weight excluding hydrogens is 492 g/mol. The molecule has 35 heavy (non-hydrogen) atoms. The first-order valence-electron chi connectivity index (χ1n) is 10.2. The Balaban J connectivity index is 1.61. The van der Waals surface area contributed by atoms with Crippen molar-refractivity contribution >= 4 is 50.5 Å². The number of carbonyl (C=O) groups is 2. The van der Waals surface area contributed by atoms with Crippen molar-refractivity contribution in [1.29, 1.82) is 0 Å². The minimum Gasteiger partial charge on any atom is -0.472 e. The summed E-state index contributed by atoms with van der Waals surface area (Å²) in [5.74, 6) is -0.953. The molecule has 1 aromatic heterocycles. The molecule has 9 nitrogen and oxygen atoms in total. The maximum absolute atomic E-state index is 13.0. The smallest absolute Gasteiger partial charge is 0.269 e. The standard InChI is InChI=1S/C24H19ClN4O5S/c25-18-7-4-8-19(13-18)29-35(32,33)20-9-10-21(27-28-24(31)16-5-2-1-3-6-16)22(14-20)26-23(30)17-11-12-34-15-17/h1-15,27,29H,(H,26,30)(H,28,31). The predicted octanol–water partition coefficient (Wildman–Crippen LogP) is 4.74. The van der Waals surface area contributed by atoms with Gasteiger partial charge in [0.2, 0.25) is 0 Å². The zero-order valence-corrected chi connectivity index (χ0v) is 19.6. The Labute approximate surface area is 206 Å². The molecule has 0 saturated heterocycles. The molecule has 0 aliphatic heterocycles. The highest BCUT2D eigenvalue weighted by atomic mass is 35.5. The average molecular weight is 511 g/mol. The van der Waals surface area contributed by atoms with Crippen LogP contribution >= 0.6 is 11.6 Å². The van der Waals surface area contributed by atoms with Gasteiger partial charge in [-0.3, -0.25) is 25.2 Å². The van der Waals surface area contributed by atoms with E-state index in [4.69, 9.17) is 16.0 Å².